The van der Waals surface area contributed by atoms with Crippen LogP contribution in [0.5, 0.6) is 0 Å². The van der Waals surface area contributed by atoms with Gasteiger partial charge in [0.05, 0.1) is 24.0 Å². The maximum Gasteiger partial charge on any atom is 0.306 e. The molecule has 0 aliphatic heterocycles. The third-order valence-electron chi connectivity index (χ3n) is 11.6. The summed E-state index contributed by atoms with van der Waals surface area (Å²) in [6.07, 6.45) is 36.8. The Balaban J connectivity index is 1.91. The van der Waals surface area contributed by atoms with Gasteiger partial charge in [0, 0.05) is 12.8 Å². The van der Waals surface area contributed by atoms with E-state index in [0.29, 0.717) is 38.5 Å². The Morgan fingerprint density at radius 1 is 0.547 bits per heavy atom. The molecule has 0 heterocycles. The maximum atomic E-state index is 12.6. The number of esters is 2. The van der Waals surface area contributed by atoms with Crippen LogP contribution in [-0.2, 0) is 28.7 Å². The summed E-state index contributed by atoms with van der Waals surface area (Å²) in [7, 11) is 0. The van der Waals surface area contributed by atoms with Crippen LogP contribution in [0, 0.1) is 10.8 Å². The fourth-order valence-electron chi connectivity index (χ4n) is 7.70. The van der Waals surface area contributed by atoms with Crippen LogP contribution in [-0.4, -0.2) is 69.0 Å². The van der Waals surface area contributed by atoms with Crippen LogP contribution in [0.4, 0.5) is 0 Å². The molecule has 2 aliphatic carbocycles. The molecule has 2 unspecified atom stereocenters. The summed E-state index contributed by atoms with van der Waals surface area (Å²) >= 11 is 0. The Morgan fingerprint density at radius 2 is 0.891 bits per heavy atom. The number of nitrogens with zero attached hydrogens (tertiary/aromatic N) is 2. The van der Waals surface area contributed by atoms with Gasteiger partial charge < -0.3 is 9.47 Å². The van der Waals surface area contributed by atoms with Crippen molar-refractivity contribution in [2.75, 3.05) is 13.2 Å². The van der Waals surface area contributed by atoms with Crippen LogP contribution in [0.1, 0.15) is 146 Å². The van der Waals surface area contributed by atoms with Gasteiger partial charge >= 0.3 is 11.9 Å². The summed E-state index contributed by atoms with van der Waals surface area (Å²) in [6, 6.07) is 0. The highest BCUT2D eigenvalue weighted by molar-refractivity contribution is 5.70. The lowest BCUT2D eigenvalue weighted by Crippen LogP contribution is -2.30. The van der Waals surface area contributed by atoms with E-state index >= 15 is 0 Å². The average Bonchev–Trinajstić information content (AvgIpc) is 3.21. The first kappa shape index (κ1) is 55.9. The second kappa shape index (κ2) is 29.3. The van der Waals surface area contributed by atoms with Gasteiger partial charge in [-0.3, -0.25) is 40.1 Å². The first-order valence-corrected chi connectivity index (χ1v) is 22.7. The fourth-order valence-corrected chi connectivity index (χ4v) is 7.70. The molecule has 0 radical (unpaired) electrons. The Hall–Kier alpha value is -4.24. The molecule has 0 spiro atoms. The van der Waals surface area contributed by atoms with Gasteiger partial charge in [0.1, 0.15) is 12.2 Å². The number of hydrogen-bond donors (Lipinski definition) is 4. The number of unbranched alkanes of at least 4 members (excludes halogenated alkanes) is 4. The molecule has 0 aromatic heterocycles. The molecule has 0 fully saturated rings. The van der Waals surface area contributed by atoms with Crippen molar-refractivity contribution in [2.45, 2.75) is 158 Å². The summed E-state index contributed by atoms with van der Waals surface area (Å²) in [5.41, 5.74) is 8.99. The number of carbonyl (C=O) groups excluding carboxylic acids is 2. The minimum absolute atomic E-state index is 0.0287. The molecule has 0 saturated carbocycles. The highest BCUT2D eigenvalue weighted by Gasteiger charge is 2.35. The van der Waals surface area contributed by atoms with E-state index in [1.54, 1.807) is 0 Å². The zero-order chi connectivity index (χ0) is 47.7. The van der Waals surface area contributed by atoms with Gasteiger partial charge in [0.15, 0.2) is 0 Å². The first-order valence-electron chi connectivity index (χ1n) is 22.7. The van der Waals surface area contributed by atoms with Crippen LogP contribution in [0.25, 0.3) is 0 Å². The van der Waals surface area contributed by atoms with Crippen molar-refractivity contribution >= 4 is 11.9 Å². The normalized spacial score (nSPS) is 20.5. The zero-order valence-electron chi connectivity index (χ0n) is 40.3. The number of ether oxygens (including phenoxy) is 2. The van der Waals surface area contributed by atoms with Gasteiger partial charge in [0.25, 0.3) is 0 Å². The molecule has 2 aliphatic rings. The van der Waals surface area contributed by atoms with Gasteiger partial charge in [-0.1, -0.05) is 148 Å². The third-order valence-corrected chi connectivity index (χ3v) is 11.6. The molecule has 4 N–H and O–H groups in total. The molecule has 2 rings (SSSR count). The third kappa shape index (κ3) is 22.6. The monoisotopic (exact) mass is 891 g/mol. The smallest absolute Gasteiger partial charge is 0.306 e. The Morgan fingerprint density at radius 3 is 1.25 bits per heavy atom. The van der Waals surface area contributed by atoms with Crippen LogP contribution < -0.4 is 0 Å². The predicted molar refractivity (Wildman–Crippen MR) is 252 cm³/mol. The molecule has 0 aromatic carbocycles. The van der Waals surface area contributed by atoms with E-state index in [1.807, 2.05) is 12.2 Å². The number of allylic oxidation sites excluding steroid dienone is 20. The van der Waals surface area contributed by atoms with E-state index < -0.39 is 0 Å². The number of carbonyl (C=O) groups is 2. The maximum absolute atomic E-state index is 12.6. The molecule has 64 heavy (non-hydrogen) atoms. The van der Waals surface area contributed by atoms with Crippen molar-refractivity contribution in [3.63, 3.8) is 0 Å². The van der Waals surface area contributed by atoms with Gasteiger partial charge in [-0.2, -0.15) is 0 Å². The molecule has 12 heteroatoms. The van der Waals surface area contributed by atoms with Crippen molar-refractivity contribution in [3.05, 3.63) is 130 Å². The van der Waals surface area contributed by atoms with Crippen LogP contribution in [0.2, 0.25) is 0 Å². The molecule has 12 nitrogen and oxygen atoms in total. The minimum Gasteiger partial charge on any atom is -0.458 e. The van der Waals surface area contributed by atoms with E-state index in [4.69, 9.17) is 30.3 Å². The minimum atomic E-state index is -0.297. The first-order chi connectivity index (χ1) is 30.2. The van der Waals surface area contributed by atoms with E-state index in [2.05, 4.69) is 152 Å². The van der Waals surface area contributed by atoms with Crippen molar-refractivity contribution < 1.29 is 49.6 Å². The standard InChI is InChI=1S/C52H78N2O10/c1-39(23-19-25-41(3)29-31-45-43(5)47(33-35-51(45,7)8)63-49(55)27-13-11-17-37-61-53(57)58)21-15-16-22-40(2)24-20-26-42(4)30-32-46-44(6)48(34-36-52(46,9)10)64-50(56)28-14-12-18-38-62-54(59)60/h15-16,19-26,29-32,47-48,57-60H,11-14,17-18,27-28,33-38H2,1-10H3/b16-15+,23-19+,24-20+,31-29+,32-30+,39-21+,40-22+,41-25+,42-26+. The molecule has 0 aromatic rings. The highest BCUT2D eigenvalue weighted by Crippen LogP contribution is 2.43. The molecule has 0 bridgehead atoms. The van der Waals surface area contributed by atoms with Gasteiger partial charge in [-0.15, -0.1) is 0 Å². The van der Waals surface area contributed by atoms with Crippen molar-refractivity contribution in [1.82, 2.24) is 10.8 Å². The van der Waals surface area contributed by atoms with Crippen LogP contribution >= 0.6 is 0 Å². The summed E-state index contributed by atoms with van der Waals surface area (Å²) in [6.45, 7) is 21.7. The van der Waals surface area contributed by atoms with Crippen molar-refractivity contribution in [3.8, 4) is 0 Å². The quantitative estimate of drug-likeness (QED) is 0.0282. The van der Waals surface area contributed by atoms with E-state index in [1.165, 1.54) is 11.1 Å². The van der Waals surface area contributed by atoms with Gasteiger partial charge in [-0.25, -0.2) is 0 Å². The molecule has 356 valence electrons. The molecular formula is C52H78N2O10. The van der Waals surface area contributed by atoms with E-state index in [0.717, 1.165) is 72.0 Å². The lowest BCUT2D eigenvalue weighted by Gasteiger charge is -2.37. The van der Waals surface area contributed by atoms with Gasteiger partial charge in [0.2, 0.25) is 0 Å². The van der Waals surface area contributed by atoms with Crippen LogP contribution in [0.15, 0.2) is 130 Å². The van der Waals surface area contributed by atoms with E-state index in [9.17, 15) is 9.59 Å². The summed E-state index contributed by atoms with van der Waals surface area (Å²) < 4.78 is 11.8. The second-order valence-corrected chi connectivity index (χ2v) is 18.2. The summed E-state index contributed by atoms with van der Waals surface area (Å²) in [5, 5.41) is 33.8. The number of rotatable bonds is 26. The Bertz CT molecular complexity index is 1720. The Kier molecular flexibility index (Phi) is 25.6. The lowest BCUT2D eigenvalue weighted by molar-refractivity contribution is -0.492. The largest absolute Gasteiger partial charge is 0.458 e. The molecule has 0 amide bonds. The van der Waals surface area contributed by atoms with Crippen LogP contribution in [0.3, 0.4) is 0 Å². The average molecular weight is 891 g/mol. The number of hydrogen-bond acceptors (Lipinski definition) is 12. The molecule has 0 saturated heterocycles. The second-order valence-electron chi connectivity index (χ2n) is 18.2. The zero-order valence-corrected chi connectivity index (χ0v) is 40.3. The van der Waals surface area contributed by atoms with Gasteiger partial charge in [-0.05, 0) is 126 Å². The summed E-state index contributed by atoms with van der Waals surface area (Å²) in [5.74, 6) is -0.430. The summed E-state index contributed by atoms with van der Waals surface area (Å²) in [4.78, 5) is 34.3. The lowest BCUT2D eigenvalue weighted by atomic mass is 9.71. The van der Waals surface area contributed by atoms with Crippen molar-refractivity contribution in [1.29, 1.82) is 0 Å². The van der Waals surface area contributed by atoms with Crippen molar-refractivity contribution in [2.24, 2.45) is 10.8 Å². The fraction of sp³-hybridized carbons (Fsp3) is 0.538. The highest BCUT2D eigenvalue weighted by atomic mass is 17.1. The Labute approximate surface area is 383 Å². The SMILES string of the molecule is CC1=C(/C=C/C(C)=C/C=C/C(C)=C/C=C/C=C(C)/C=C/C=C(C)/C=C/C2=C(C)C(OC(=O)CCCCCON(O)O)CCC2(C)C)C(C)(C)CCC1OC(=O)CCCCCON(O)O. The van der Waals surface area contributed by atoms with E-state index in [-0.39, 0.29) is 59.0 Å². The molecular weight excluding hydrogens is 813 g/mol. The topological polar surface area (TPSA) is 158 Å². The predicted octanol–water partition coefficient (Wildman–Crippen LogP) is 12.8. The molecule has 2 atom stereocenters.